The molecule has 2 N–H and O–H groups in total. The molecule has 1 heterocycles. The van der Waals surface area contributed by atoms with Crippen molar-refractivity contribution in [2.75, 3.05) is 5.32 Å². The van der Waals surface area contributed by atoms with Gasteiger partial charge in [-0.3, -0.25) is 0 Å². The Kier molecular flexibility index (Phi) is 4.22. The second-order valence-electron chi connectivity index (χ2n) is 5.04. The molecule has 6 heteroatoms. The van der Waals surface area contributed by atoms with Gasteiger partial charge in [0.25, 0.3) is 0 Å². The van der Waals surface area contributed by atoms with Crippen molar-refractivity contribution in [2.45, 2.75) is 31.4 Å². The predicted molar refractivity (Wildman–Crippen MR) is 80.8 cm³/mol. The maximum absolute atomic E-state index is 9.90. The number of hydrogen-bond donors (Lipinski definition) is 2. The van der Waals surface area contributed by atoms with Gasteiger partial charge in [0.05, 0.1) is 18.3 Å². The van der Waals surface area contributed by atoms with E-state index in [2.05, 4.69) is 15.3 Å². The van der Waals surface area contributed by atoms with Crippen LogP contribution in [0.2, 0.25) is 5.02 Å². The number of nitrogens with one attached hydrogen (secondary N) is 1. The van der Waals surface area contributed by atoms with E-state index in [1.54, 1.807) is 30.5 Å². The summed E-state index contributed by atoms with van der Waals surface area (Å²) in [6, 6.07) is 7.09. The molecule has 1 aromatic heterocycles. The predicted octanol–water partition coefficient (Wildman–Crippen LogP) is 3.25. The van der Waals surface area contributed by atoms with Crippen molar-refractivity contribution in [3.05, 3.63) is 41.8 Å². The van der Waals surface area contributed by atoms with Crippen LogP contribution in [0.5, 0.6) is 11.5 Å². The molecule has 1 aliphatic rings. The van der Waals surface area contributed by atoms with Crippen molar-refractivity contribution in [1.29, 1.82) is 0 Å². The van der Waals surface area contributed by atoms with Gasteiger partial charge in [-0.25, -0.2) is 9.97 Å². The lowest BCUT2D eigenvalue weighted by molar-refractivity contribution is 0.171. The molecule has 3 rings (SSSR count). The maximum Gasteiger partial charge on any atom is 0.187 e. The van der Waals surface area contributed by atoms with Gasteiger partial charge >= 0.3 is 0 Å². The average Bonchev–Trinajstić information content (AvgIpc) is 2.89. The SMILES string of the molecule is O[C@@H]1CCC[C@H]1Nc1ncncc1Oc1ccc(Cl)cc1. The third kappa shape index (κ3) is 3.43. The van der Waals surface area contributed by atoms with Crippen LogP contribution in [-0.4, -0.2) is 27.2 Å². The topological polar surface area (TPSA) is 67.3 Å². The van der Waals surface area contributed by atoms with Crippen LogP contribution in [0.25, 0.3) is 0 Å². The molecule has 110 valence electrons. The number of anilines is 1. The first-order chi connectivity index (χ1) is 10.2. The summed E-state index contributed by atoms with van der Waals surface area (Å²) >= 11 is 5.85. The monoisotopic (exact) mass is 305 g/mol. The minimum atomic E-state index is -0.344. The van der Waals surface area contributed by atoms with Gasteiger partial charge in [0.2, 0.25) is 0 Å². The molecule has 21 heavy (non-hydrogen) atoms. The summed E-state index contributed by atoms with van der Waals surface area (Å²) in [4.78, 5) is 8.19. The minimum absolute atomic E-state index is 0.00691. The van der Waals surface area contributed by atoms with E-state index in [0.29, 0.717) is 22.3 Å². The van der Waals surface area contributed by atoms with E-state index in [1.807, 2.05) is 0 Å². The molecule has 1 saturated carbocycles. The number of nitrogens with zero attached hydrogens (tertiary/aromatic N) is 2. The summed E-state index contributed by atoms with van der Waals surface area (Å²) in [6.07, 6.45) is 5.46. The van der Waals surface area contributed by atoms with Crippen LogP contribution in [-0.2, 0) is 0 Å². The molecule has 0 bridgehead atoms. The zero-order valence-corrected chi connectivity index (χ0v) is 12.1. The fourth-order valence-corrected chi connectivity index (χ4v) is 2.54. The van der Waals surface area contributed by atoms with Gasteiger partial charge in [-0.2, -0.15) is 0 Å². The first kappa shape index (κ1) is 14.1. The average molecular weight is 306 g/mol. The van der Waals surface area contributed by atoms with Crippen LogP contribution >= 0.6 is 11.6 Å². The molecule has 0 unspecified atom stereocenters. The highest BCUT2D eigenvalue weighted by Gasteiger charge is 2.26. The van der Waals surface area contributed by atoms with E-state index in [0.717, 1.165) is 19.3 Å². The molecule has 0 amide bonds. The first-order valence-electron chi connectivity index (χ1n) is 6.90. The summed E-state index contributed by atoms with van der Waals surface area (Å²) < 4.78 is 5.78. The fourth-order valence-electron chi connectivity index (χ4n) is 2.41. The van der Waals surface area contributed by atoms with E-state index in [9.17, 15) is 5.11 Å². The van der Waals surface area contributed by atoms with E-state index >= 15 is 0 Å². The molecule has 0 saturated heterocycles. The lowest BCUT2D eigenvalue weighted by Gasteiger charge is -2.18. The van der Waals surface area contributed by atoms with Crippen molar-refractivity contribution in [2.24, 2.45) is 0 Å². The maximum atomic E-state index is 9.90. The van der Waals surface area contributed by atoms with E-state index in [4.69, 9.17) is 16.3 Å². The molecule has 1 fully saturated rings. The Morgan fingerprint density at radius 3 is 2.76 bits per heavy atom. The van der Waals surface area contributed by atoms with Gasteiger partial charge in [-0.05, 0) is 43.5 Å². The number of benzene rings is 1. The van der Waals surface area contributed by atoms with Crippen molar-refractivity contribution >= 4 is 17.4 Å². The van der Waals surface area contributed by atoms with Crippen LogP contribution in [0.3, 0.4) is 0 Å². The van der Waals surface area contributed by atoms with Crippen molar-refractivity contribution in [3.63, 3.8) is 0 Å². The number of aliphatic hydroxyl groups excluding tert-OH is 1. The molecule has 0 spiro atoms. The summed E-state index contributed by atoms with van der Waals surface area (Å²) in [5, 5.41) is 13.8. The number of aromatic nitrogens is 2. The molecule has 2 atom stereocenters. The smallest absolute Gasteiger partial charge is 0.187 e. The number of ether oxygens (including phenoxy) is 1. The van der Waals surface area contributed by atoms with Gasteiger partial charge in [-0.1, -0.05) is 11.6 Å². The van der Waals surface area contributed by atoms with Crippen LogP contribution in [0, 0.1) is 0 Å². The Hall–Kier alpha value is -1.85. The van der Waals surface area contributed by atoms with Crippen LogP contribution in [0.1, 0.15) is 19.3 Å². The quantitative estimate of drug-likeness (QED) is 0.907. The molecule has 2 aromatic rings. The molecular weight excluding hydrogens is 290 g/mol. The number of halogens is 1. The fraction of sp³-hybridized carbons (Fsp3) is 0.333. The second kappa shape index (κ2) is 6.28. The zero-order chi connectivity index (χ0) is 14.7. The lowest BCUT2D eigenvalue weighted by Crippen LogP contribution is -2.28. The van der Waals surface area contributed by atoms with Gasteiger partial charge in [-0.15, -0.1) is 0 Å². The van der Waals surface area contributed by atoms with Crippen molar-refractivity contribution in [1.82, 2.24) is 9.97 Å². The van der Waals surface area contributed by atoms with Gasteiger partial charge in [0, 0.05) is 5.02 Å². The van der Waals surface area contributed by atoms with Crippen LogP contribution in [0.15, 0.2) is 36.8 Å². The second-order valence-corrected chi connectivity index (χ2v) is 5.48. The summed E-state index contributed by atoms with van der Waals surface area (Å²) in [7, 11) is 0. The lowest BCUT2D eigenvalue weighted by atomic mass is 10.2. The van der Waals surface area contributed by atoms with Crippen LogP contribution in [0.4, 0.5) is 5.82 Å². The first-order valence-corrected chi connectivity index (χ1v) is 7.28. The normalized spacial score (nSPS) is 21.2. The Morgan fingerprint density at radius 2 is 2.05 bits per heavy atom. The number of rotatable bonds is 4. The number of aliphatic hydroxyl groups is 1. The Bertz CT molecular complexity index is 606. The molecule has 1 aromatic carbocycles. The summed E-state index contributed by atoms with van der Waals surface area (Å²) in [5.41, 5.74) is 0. The molecule has 0 radical (unpaired) electrons. The third-order valence-corrected chi connectivity index (χ3v) is 3.77. The van der Waals surface area contributed by atoms with E-state index < -0.39 is 0 Å². The standard InChI is InChI=1S/C15H16ClN3O2/c16-10-4-6-11(7-5-10)21-14-8-17-9-18-15(14)19-12-2-1-3-13(12)20/h4-9,12-13,20H,1-3H2,(H,17,18,19)/t12-,13-/m1/s1. The van der Waals surface area contributed by atoms with Gasteiger partial charge in [0.1, 0.15) is 12.1 Å². The third-order valence-electron chi connectivity index (χ3n) is 3.52. The van der Waals surface area contributed by atoms with Gasteiger partial charge in [0.15, 0.2) is 11.6 Å². The largest absolute Gasteiger partial charge is 0.452 e. The molecule has 0 aliphatic heterocycles. The van der Waals surface area contributed by atoms with Crippen LogP contribution < -0.4 is 10.1 Å². The van der Waals surface area contributed by atoms with E-state index in [-0.39, 0.29) is 12.1 Å². The Labute approximate surface area is 128 Å². The highest BCUT2D eigenvalue weighted by Crippen LogP contribution is 2.30. The minimum Gasteiger partial charge on any atom is -0.452 e. The molecule has 1 aliphatic carbocycles. The van der Waals surface area contributed by atoms with Gasteiger partial charge < -0.3 is 15.2 Å². The number of hydrogen-bond acceptors (Lipinski definition) is 5. The van der Waals surface area contributed by atoms with Crippen molar-refractivity contribution in [3.8, 4) is 11.5 Å². The highest BCUT2D eigenvalue weighted by atomic mass is 35.5. The summed E-state index contributed by atoms with van der Waals surface area (Å²) in [5.74, 6) is 1.77. The summed E-state index contributed by atoms with van der Waals surface area (Å²) in [6.45, 7) is 0. The molecular formula is C15H16ClN3O2. The highest BCUT2D eigenvalue weighted by molar-refractivity contribution is 6.30. The zero-order valence-electron chi connectivity index (χ0n) is 11.4. The Morgan fingerprint density at radius 1 is 1.24 bits per heavy atom. The molecule has 5 nitrogen and oxygen atoms in total. The van der Waals surface area contributed by atoms with E-state index in [1.165, 1.54) is 6.33 Å². The Balaban J connectivity index is 1.77. The van der Waals surface area contributed by atoms with Crippen molar-refractivity contribution < 1.29 is 9.84 Å².